The van der Waals surface area contributed by atoms with E-state index in [0.29, 0.717) is 6.54 Å². The summed E-state index contributed by atoms with van der Waals surface area (Å²) in [4.78, 5) is 15.5. The van der Waals surface area contributed by atoms with Gasteiger partial charge in [0.2, 0.25) is 5.91 Å². The van der Waals surface area contributed by atoms with Gasteiger partial charge in [0.1, 0.15) is 0 Å². The van der Waals surface area contributed by atoms with Gasteiger partial charge < -0.3 is 11.1 Å². The van der Waals surface area contributed by atoms with Crippen LogP contribution < -0.4 is 11.1 Å². The van der Waals surface area contributed by atoms with Crippen molar-refractivity contribution in [1.82, 2.24) is 10.3 Å². The number of carbonyl (C=O) groups is 1. The van der Waals surface area contributed by atoms with Gasteiger partial charge in [-0.3, -0.25) is 9.78 Å². The third-order valence-corrected chi connectivity index (χ3v) is 2.21. The average molecular weight is 207 g/mol. The monoisotopic (exact) mass is 207 g/mol. The van der Waals surface area contributed by atoms with Crippen LogP contribution in [0, 0.1) is 5.92 Å². The SMILES string of the molecule is CC(C)[C@@H](N)C(=O)NCc1cccnc1. The molecule has 3 N–H and O–H groups in total. The fourth-order valence-electron chi connectivity index (χ4n) is 1.11. The summed E-state index contributed by atoms with van der Waals surface area (Å²) in [5.41, 5.74) is 6.67. The topological polar surface area (TPSA) is 68.0 Å². The van der Waals surface area contributed by atoms with Gasteiger partial charge >= 0.3 is 0 Å². The van der Waals surface area contributed by atoms with Gasteiger partial charge in [0.05, 0.1) is 6.04 Å². The standard InChI is InChI=1S/C11H17N3O/c1-8(2)10(12)11(15)14-7-9-4-3-5-13-6-9/h3-6,8,10H,7,12H2,1-2H3,(H,14,15)/t10-/m1/s1. The minimum Gasteiger partial charge on any atom is -0.351 e. The van der Waals surface area contributed by atoms with Crippen molar-refractivity contribution in [2.24, 2.45) is 11.7 Å². The van der Waals surface area contributed by atoms with Crippen molar-refractivity contribution < 1.29 is 4.79 Å². The number of pyridine rings is 1. The summed E-state index contributed by atoms with van der Waals surface area (Å²) >= 11 is 0. The Hall–Kier alpha value is -1.42. The van der Waals surface area contributed by atoms with Crippen LogP contribution in [0.5, 0.6) is 0 Å². The highest BCUT2D eigenvalue weighted by Crippen LogP contribution is 1.99. The Morgan fingerprint density at radius 3 is 2.87 bits per heavy atom. The van der Waals surface area contributed by atoms with Crippen molar-refractivity contribution in [1.29, 1.82) is 0 Å². The lowest BCUT2D eigenvalue weighted by Gasteiger charge is -2.15. The number of nitrogens with two attached hydrogens (primary N) is 1. The molecule has 0 spiro atoms. The van der Waals surface area contributed by atoms with Gasteiger partial charge in [-0.05, 0) is 17.5 Å². The van der Waals surface area contributed by atoms with E-state index >= 15 is 0 Å². The molecule has 1 rings (SSSR count). The molecule has 0 unspecified atom stereocenters. The summed E-state index contributed by atoms with van der Waals surface area (Å²) < 4.78 is 0. The van der Waals surface area contributed by atoms with E-state index in [-0.39, 0.29) is 11.8 Å². The zero-order chi connectivity index (χ0) is 11.3. The third kappa shape index (κ3) is 3.67. The fourth-order valence-corrected chi connectivity index (χ4v) is 1.11. The van der Waals surface area contributed by atoms with Crippen molar-refractivity contribution >= 4 is 5.91 Å². The first-order valence-electron chi connectivity index (χ1n) is 5.03. The second-order valence-electron chi connectivity index (χ2n) is 3.85. The van der Waals surface area contributed by atoms with Crippen LogP contribution in [-0.4, -0.2) is 16.9 Å². The summed E-state index contributed by atoms with van der Waals surface area (Å²) in [6.07, 6.45) is 3.42. The van der Waals surface area contributed by atoms with Gasteiger partial charge in [0.15, 0.2) is 0 Å². The molecule has 1 heterocycles. The lowest BCUT2D eigenvalue weighted by molar-refractivity contribution is -0.123. The fraction of sp³-hybridized carbons (Fsp3) is 0.455. The molecule has 1 amide bonds. The average Bonchev–Trinajstić information content (AvgIpc) is 2.26. The Labute approximate surface area is 89.9 Å². The summed E-state index contributed by atoms with van der Waals surface area (Å²) in [5.74, 6) is 0.0350. The first kappa shape index (κ1) is 11.7. The van der Waals surface area contributed by atoms with Crippen molar-refractivity contribution in [2.75, 3.05) is 0 Å². The van der Waals surface area contributed by atoms with E-state index in [0.717, 1.165) is 5.56 Å². The van der Waals surface area contributed by atoms with Crippen LogP contribution in [0.1, 0.15) is 19.4 Å². The van der Waals surface area contributed by atoms with Gasteiger partial charge in [-0.1, -0.05) is 19.9 Å². The summed E-state index contributed by atoms with van der Waals surface area (Å²) in [7, 11) is 0. The molecule has 0 bridgehead atoms. The van der Waals surface area contributed by atoms with E-state index < -0.39 is 6.04 Å². The molecule has 4 heteroatoms. The highest BCUT2D eigenvalue weighted by molar-refractivity contribution is 5.81. The molecule has 1 atom stereocenters. The van der Waals surface area contributed by atoms with Crippen LogP contribution in [0.4, 0.5) is 0 Å². The Morgan fingerprint density at radius 1 is 1.60 bits per heavy atom. The van der Waals surface area contributed by atoms with Crippen LogP contribution in [0.15, 0.2) is 24.5 Å². The maximum absolute atomic E-state index is 11.5. The van der Waals surface area contributed by atoms with Gasteiger partial charge in [-0.2, -0.15) is 0 Å². The Morgan fingerprint density at radius 2 is 2.33 bits per heavy atom. The van der Waals surface area contributed by atoms with Crippen molar-refractivity contribution in [3.05, 3.63) is 30.1 Å². The normalized spacial score (nSPS) is 12.5. The number of rotatable bonds is 4. The number of amides is 1. The van der Waals surface area contributed by atoms with Gasteiger partial charge in [0, 0.05) is 18.9 Å². The predicted octanol–water partition coefficient (Wildman–Crippen LogP) is 0.681. The van der Waals surface area contributed by atoms with Crippen molar-refractivity contribution in [3.8, 4) is 0 Å². The van der Waals surface area contributed by atoms with Crippen LogP contribution in [0.25, 0.3) is 0 Å². The lowest BCUT2D eigenvalue weighted by Crippen LogP contribution is -2.43. The van der Waals surface area contributed by atoms with E-state index in [1.807, 2.05) is 26.0 Å². The molecule has 15 heavy (non-hydrogen) atoms. The molecule has 1 aromatic rings. The minimum absolute atomic E-state index is 0.117. The first-order valence-corrected chi connectivity index (χ1v) is 5.03. The van der Waals surface area contributed by atoms with Crippen molar-refractivity contribution in [3.63, 3.8) is 0 Å². The maximum Gasteiger partial charge on any atom is 0.237 e. The molecule has 82 valence electrons. The van der Waals surface area contributed by atoms with E-state index in [1.165, 1.54) is 0 Å². The number of hydrogen-bond donors (Lipinski definition) is 2. The molecular formula is C11H17N3O. The molecule has 0 radical (unpaired) electrons. The third-order valence-electron chi connectivity index (χ3n) is 2.21. The van der Waals surface area contributed by atoms with E-state index in [4.69, 9.17) is 5.73 Å². The molecule has 0 aliphatic carbocycles. The smallest absolute Gasteiger partial charge is 0.237 e. The molecule has 0 fully saturated rings. The van der Waals surface area contributed by atoms with E-state index in [1.54, 1.807) is 12.4 Å². The quantitative estimate of drug-likeness (QED) is 0.763. The zero-order valence-corrected chi connectivity index (χ0v) is 9.10. The second-order valence-corrected chi connectivity index (χ2v) is 3.85. The summed E-state index contributed by atoms with van der Waals surface area (Å²) in [5, 5.41) is 2.78. The Kier molecular flexibility index (Phi) is 4.24. The molecule has 0 aliphatic heterocycles. The highest BCUT2D eigenvalue weighted by Gasteiger charge is 2.16. The van der Waals surface area contributed by atoms with Crippen LogP contribution in [-0.2, 0) is 11.3 Å². The van der Waals surface area contributed by atoms with Gasteiger partial charge in [0.25, 0.3) is 0 Å². The molecule has 0 aliphatic rings. The number of nitrogens with zero attached hydrogens (tertiary/aromatic N) is 1. The molecule has 0 aromatic carbocycles. The molecule has 0 saturated carbocycles. The zero-order valence-electron chi connectivity index (χ0n) is 9.10. The number of nitrogens with one attached hydrogen (secondary N) is 1. The highest BCUT2D eigenvalue weighted by atomic mass is 16.2. The van der Waals surface area contributed by atoms with Crippen LogP contribution in [0.3, 0.4) is 0 Å². The predicted molar refractivity (Wildman–Crippen MR) is 58.9 cm³/mol. The van der Waals surface area contributed by atoms with Gasteiger partial charge in [-0.25, -0.2) is 0 Å². The molecular weight excluding hydrogens is 190 g/mol. The summed E-state index contributed by atoms with van der Waals surface area (Å²) in [6, 6.07) is 3.31. The Balaban J connectivity index is 2.41. The largest absolute Gasteiger partial charge is 0.351 e. The molecule has 0 saturated heterocycles. The van der Waals surface area contributed by atoms with Gasteiger partial charge in [-0.15, -0.1) is 0 Å². The van der Waals surface area contributed by atoms with E-state index in [2.05, 4.69) is 10.3 Å². The van der Waals surface area contributed by atoms with Crippen molar-refractivity contribution in [2.45, 2.75) is 26.4 Å². The maximum atomic E-state index is 11.5. The Bertz CT molecular complexity index is 311. The number of carbonyl (C=O) groups excluding carboxylic acids is 1. The van der Waals surface area contributed by atoms with Crippen LogP contribution in [0.2, 0.25) is 0 Å². The second kappa shape index (κ2) is 5.46. The molecule has 4 nitrogen and oxygen atoms in total. The first-order chi connectivity index (χ1) is 7.11. The lowest BCUT2D eigenvalue weighted by atomic mass is 10.1. The van der Waals surface area contributed by atoms with E-state index in [9.17, 15) is 4.79 Å². The molecule has 1 aromatic heterocycles. The number of aromatic nitrogens is 1. The van der Waals surface area contributed by atoms with Crippen LogP contribution >= 0.6 is 0 Å². The number of hydrogen-bond acceptors (Lipinski definition) is 3. The summed E-state index contributed by atoms with van der Waals surface area (Å²) in [6.45, 7) is 4.33. The minimum atomic E-state index is -0.443.